The first kappa shape index (κ1) is 19.8. The van der Waals surface area contributed by atoms with Gasteiger partial charge in [-0.05, 0) is 6.92 Å². The maximum atomic E-state index is 11.0. The summed E-state index contributed by atoms with van der Waals surface area (Å²) < 4.78 is 25.4. The number of aromatic nitrogens is 2. The molecule has 2 heterocycles. The molecule has 2 atom stereocenters. The van der Waals surface area contributed by atoms with Crippen molar-refractivity contribution < 1.29 is 23.5 Å². The summed E-state index contributed by atoms with van der Waals surface area (Å²) in [5, 5.41) is 0. The fraction of sp³-hybridized carbons (Fsp3) is 0.636. The second-order valence-electron chi connectivity index (χ2n) is 4.93. The summed E-state index contributed by atoms with van der Waals surface area (Å²) in [7, 11) is -2.35. The van der Waals surface area contributed by atoms with Crippen LogP contribution in [0.1, 0.15) is 18.4 Å². The monoisotopic (exact) mass is 344 g/mol. The number of aromatic amines is 2. The molecule has 9 nitrogen and oxygen atoms in total. The molecule has 0 spiro atoms. The molecule has 0 bridgehead atoms. The quantitative estimate of drug-likeness (QED) is 0.509. The summed E-state index contributed by atoms with van der Waals surface area (Å²) in [5.41, 5.74) is -0.293. The van der Waals surface area contributed by atoms with Crippen molar-refractivity contribution in [2.45, 2.75) is 22.8 Å². The molecule has 22 heavy (non-hydrogen) atoms. The van der Waals surface area contributed by atoms with Crippen LogP contribution >= 0.6 is 7.60 Å². The first-order valence-electron chi connectivity index (χ1n) is 6.61. The second-order valence-corrected chi connectivity index (χ2v) is 8.36. The van der Waals surface area contributed by atoms with Crippen LogP contribution in [0.2, 0.25) is 0 Å². The maximum absolute atomic E-state index is 11.0. The fourth-order valence-corrected chi connectivity index (χ4v) is 3.10. The van der Waals surface area contributed by atoms with E-state index in [0.717, 1.165) is 12.8 Å². The third-order valence-corrected chi connectivity index (χ3v) is 5.11. The zero-order chi connectivity index (χ0) is 16.8. The molecular weight excluding hydrogens is 326 g/mol. The smallest absolute Gasteiger partial charge is 0.314 e. The Morgan fingerprint density at radius 1 is 1.55 bits per heavy atom. The number of hydrogen-bond donors (Lipinski definition) is 3. The van der Waals surface area contributed by atoms with Gasteiger partial charge in [-0.25, -0.2) is 4.79 Å². The average molecular weight is 344 g/mol. The van der Waals surface area contributed by atoms with Gasteiger partial charge in [0, 0.05) is 11.8 Å². The van der Waals surface area contributed by atoms with E-state index in [1.807, 2.05) is 0 Å². The van der Waals surface area contributed by atoms with E-state index in [2.05, 4.69) is 14.5 Å². The van der Waals surface area contributed by atoms with E-state index >= 15 is 0 Å². The van der Waals surface area contributed by atoms with Crippen molar-refractivity contribution in [3.63, 3.8) is 0 Å². The Morgan fingerprint density at radius 2 is 2.23 bits per heavy atom. The van der Waals surface area contributed by atoms with Crippen LogP contribution in [0.25, 0.3) is 0 Å². The van der Waals surface area contributed by atoms with Crippen molar-refractivity contribution in [3.8, 4) is 0 Å². The van der Waals surface area contributed by atoms with Gasteiger partial charge < -0.3 is 4.98 Å². The zero-order valence-corrected chi connectivity index (χ0v) is 15.6. The Hall–Kier alpha value is -0.250. The molecule has 0 saturated carbocycles. The number of hydrogen-bond acceptors (Lipinski definition) is 6. The van der Waals surface area contributed by atoms with Crippen LogP contribution in [0.3, 0.4) is 0 Å². The molecule has 1 aliphatic rings. The zero-order valence-electron chi connectivity index (χ0n) is 12.7. The molecule has 3 N–H and O–H groups in total. The minimum absolute atomic E-state index is 0.285. The molecule has 120 valence electrons. The maximum Gasteiger partial charge on any atom is 0.325 e. The van der Waals surface area contributed by atoms with Gasteiger partial charge in [0.15, 0.2) is 0 Å². The summed E-state index contributed by atoms with van der Waals surface area (Å²) in [6, 6.07) is 0. The van der Waals surface area contributed by atoms with Crippen LogP contribution in [0, 0.1) is 6.92 Å². The molecule has 0 amide bonds. The van der Waals surface area contributed by atoms with Crippen LogP contribution in [-0.4, -0.2) is 65.9 Å². The van der Waals surface area contributed by atoms with Gasteiger partial charge in [-0.15, -0.1) is 0 Å². The first-order chi connectivity index (χ1) is 10.2. The third kappa shape index (κ3) is 6.89. The normalized spacial score (nSPS) is 23.5. The topological polar surface area (TPSA) is 131 Å². The third-order valence-electron chi connectivity index (χ3n) is 3.01. The van der Waals surface area contributed by atoms with E-state index < -0.39 is 16.3 Å². The predicted octanol–water partition coefficient (Wildman–Crippen LogP) is -0.203. The van der Waals surface area contributed by atoms with Crippen molar-refractivity contribution in [1.82, 2.24) is 9.97 Å². The van der Waals surface area contributed by atoms with E-state index in [0.29, 0.717) is 40.1 Å². The Balaban J connectivity index is 0.000000235. The predicted molar refractivity (Wildman–Crippen MR) is 78.9 cm³/mol. The van der Waals surface area contributed by atoms with Crippen molar-refractivity contribution in [2.75, 3.05) is 20.1 Å². The summed E-state index contributed by atoms with van der Waals surface area (Å²) in [6.07, 6.45) is 2.85. The van der Waals surface area contributed by atoms with E-state index in [4.69, 9.17) is 14.4 Å². The molecule has 1 saturated heterocycles. The van der Waals surface area contributed by atoms with Crippen LogP contribution < -0.4 is 11.2 Å². The van der Waals surface area contributed by atoms with Gasteiger partial charge in [0.25, 0.3) is 5.56 Å². The molecule has 1 unspecified atom stereocenters. The molecule has 0 aliphatic carbocycles. The number of rotatable bonds is 4. The van der Waals surface area contributed by atoms with Crippen molar-refractivity contribution in [2.24, 2.45) is 0 Å². The van der Waals surface area contributed by atoms with Crippen LogP contribution in [-0.2, 0) is 18.6 Å². The standard InChI is InChI=1S/C6H12O5P.C5H6N2O2.Na/c1-9-12(7,8)5-11-6-3-2-4-10-6;1-3-2-6-5(9)7-4(3)8;/h2-5H2,1H3,(H,7,8);2H,1H3,(H2,6,7,8,9);. The Morgan fingerprint density at radius 3 is 2.68 bits per heavy atom. The van der Waals surface area contributed by atoms with E-state index in [1.54, 1.807) is 6.92 Å². The average Bonchev–Trinajstić information content (AvgIpc) is 2.90. The van der Waals surface area contributed by atoms with Gasteiger partial charge in [0.2, 0.25) is 0 Å². The van der Waals surface area contributed by atoms with Gasteiger partial charge in [0.05, 0.1) is 0 Å². The molecule has 1 aliphatic heterocycles. The summed E-state index contributed by atoms with van der Waals surface area (Å²) >= 11 is 0.696. The minimum atomic E-state index is -3.55. The number of aryl methyl sites for hydroxylation is 1. The van der Waals surface area contributed by atoms with Crippen LogP contribution in [0.5, 0.6) is 0 Å². The largest absolute Gasteiger partial charge is 0.325 e. The van der Waals surface area contributed by atoms with E-state index in [1.165, 1.54) is 13.3 Å². The molecule has 2 rings (SSSR count). The first-order valence-corrected chi connectivity index (χ1v) is 9.38. The Bertz CT molecular complexity index is 638. The number of nitrogens with one attached hydrogen (secondary N) is 2. The SMILES string of the molecule is COP(=O)(O)CO[C@]1([Na])CCCO1.Cc1c[nH]c(=O)[nH]c1=O. The molecule has 1 aromatic heterocycles. The van der Waals surface area contributed by atoms with Gasteiger partial charge in [-0.1, -0.05) is 0 Å². The van der Waals surface area contributed by atoms with E-state index in [-0.39, 0.29) is 11.9 Å². The molecule has 1 aromatic rings. The van der Waals surface area contributed by atoms with Gasteiger partial charge in [-0.2, -0.15) is 0 Å². The molecule has 1 fully saturated rings. The Kier molecular flexibility index (Phi) is 7.70. The molecule has 0 aromatic carbocycles. The van der Waals surface area contributed by atoms with Gasteiger partial charge in [-0.3, -0.25) is 9.78 Å². The van der Waals surface area contributed by atoms with Gasteiger partial charge >= 0.3 is 101 Å². The summed E-state index contributed by atoms with van der Waals surface area (Å²) in [5.74, 6) is 0. The summed E-state index contributed by atoms with van der Waals surface area (Å²) in [6.45, 7) is 2.29. The van der Waals surface area contributed by atoms with Crippen LogP contribution in [0.15, 0.2) is 15.8 Å². The Labute approximate surface area is 144 Å². The molecular formula is C11H18N2NaO7P. The van der Waals surface area contributed by atoms with Crippen molar-refractivity contribution in [1.29, 1.82) is 0 Å². The van der Waals surface area contributed by atoms with Crippen molar-refractivity contribution >= 4 is 35.5 Å². The fourth-order valence-electron chi connectivity index (χ4n) is 1.62. The molecule has 0 radical (unpaired) electrons. The van der Waals surface area contributed by atoms with Gasteiger partial charge in [0.1, 0.15) is 0 Å². The van der Waals surface area contributed by atoms with Crippen molar-refractivity contribution in [3.05, 3.63) is 32.6 Å². The van der Waals surface area contributed by atoms with Crippen LogP contribution in [0.4, 0.5) is 0 Å². The summed E-state index contributed by atoms with van der Waals surface area (Å²) in [4.78, 5) is 34.4. The number of H-pyrrole nitrogens is 2. The molecule has 11 heteroatoms. The number of ether oxygens (including phenoxy) is 2. The van der Waals surface area contributed by atoms with E-state index in [9.17, 15) is 14.2 Å². The minimum Gasteiger partial charge on any atom is -0.314 e. The second kappa shape index (κ2) is 8.56.